The third-order valence-corrected chi connectivity index (χ3v) is 3.47. The minimum absolute atomic E-state index is 0.440. The Hall–Kier alpha value is 1.13. The van der Waals surface area contributed by atoms with Crippen molar-refractivity contribution in [3.05, 3.63) is 40.0 Å². The van der Waals surface area contributed by atoms with E-state index in [4.69, 9.17) is 0 Å². The van der Waals surface area contributed by atoms with Crippen LogP contribution in [0.15, 0.2) is 17.7 Å². The Bertz CT molecular complexity index is 462. The molecule has 2 rings (SSSR count). The van der Waals surface area contributed by atoms with E-state index in [9.17, 15) is 0 Å². The van der Waals surface area contributed by atoms with Crippen molar-refractivity contribution in [3.63, 3.8) is 0 Å². The summed E-state index contributed by atoms with van der Waals surface area (Å²) in [7, 11) is 0. The first-order valence-electron chi connectivity index (χ1n) is 6.70. The Morgan fingerprint density at radius 2 is 1.63 bits per heavy atom. The van der Waals surface area contributed by atoms with Gasteiger partial charge in [0.25, 0.3) is 0 Å². The van der Waals surface area contributed by atoms with Gasteiger partial charge >= 0.3 is 50.0 Å². The first kappa shape index (κ1) is 18.2. The molecule has 1 aliphatic rings. The summed E-state index contributed by atoms with van der Waals surface area (Å²) in [5.74, 6) is 1.25. The maximum absolute atomic E-state index is 2.41. The van der Waals surface area contributed by atoms with Gasteiger partial charge in [-0.15, -0.1) is 0 Å². The predicted molar refractivity (Wildman–Crippen MR) is 100 cm³/mol. The van der Waals surface area contributed by atoms with Crippen molar-refractivity contribution < 1.29 is 11.7 Å². The second-order valence-electron chi connectivity index (χ2n) is 5.73. The Morgan fingerprint density at radius 1 is 1.05 bits per heavy atom. The molecule has 0 fully saturated rings. The summed E-state index contributed by atoms with van der Waals surface area (Å²) in [5, 5.41) is 0. The molecule has 0 unspecified atom stereocenters. The molecule has 0 saturated heterocycles. The number of fused-ring (bicyclic) bond motifs is 1. The summed E-state index contributed by atoms with van der Waals surface area (Å²) < 4.78 is 0. The Kier molecular flexibility index (Phi) is 8.18. The fourth-order valence-electron chi connectivity index (χ4n) is 2.49. The van der Waals surface area contributed by atoms with Crippen LogP contribution >= 0.6 is 38.4 Å². The molecule has 0 radical (unpaired) electrons. The summed E-state index contributed by atoms with van der Waals surface area (Å²) in [4.78, 5) is 0. The van der Waals surface area contributed by atoms with E-state index in [-0.39, 0.29) is 0 Å². The number of allylic oxidation sites excluding steroid dienone is 1. The van der Waals surface area contributed by atoms with Crippen molar-refractivity contribution in [2.24, 2.45) is 0 Å². The van der Waals surface area contributed by atoms with Gasteiger partial charge in [0, 0.05) is 0 Å². The van der Waals surface area contributed by atoms with Gasteiger partial charge in [0.2, 0.25) is 0 Å². The molecule has 3 heteroatoms. The van der Waals surface area contributed by atoms with Crippen LogP contribution < -0.4 is 0 Å². The van der Waals surface area contributed by atoms with Gasteiger partial charge in [-0.05, 0) is 47.4 Å². The van der Waals surface area contributed by atoms with E-state index in [2.05, 4.69) is 91.2 Å². The summed E-state index contributed by atoms with van der Waals surface area (Å²) in [6, 6.07) is 4.81. The Morgan fingerprint density at radius 3 is 2.11 bits per heavy atom. The first-order chi connectivity index (χ1) is 8.90. The summed E-state index contributed by atoms with van der Waals surface area (Å²) in [6.07, 6.45) is 3.52. The van der Waals surface area contributed by atoms with E-state index in [0.717, 1.165) is 6.42 Å². The van der Waals surface area contributed by atoms with Crippen LogP contribution in [0.1, 0.15) is 68.7 Å². The average molecular weight is 516 g/mol. The minimum atomic E-state index is 0.440. The molecular weight excluding hydrogens is 494 g/mol. The van der Waals surface area contributed by atoms with E-state index in [1.807, 2.05) is 0 Å². The van der Waals surface area contributed by atoms with Gasteiger partial charge in [-0.25, -0.2) is 0 Å². The van der Waals surface area contributed by atoms with Gasteiger partial charge in [0.1, 0.15) is 0 Å². The number of halogens is 2. The first-order valence-corrected chi connectivity index (χ1v) is 16.8. The van der Waals surface area contributed by atoms with Crippen LogP contribution in [0.5, 0.6) is 0 Å². The van der Waals surface area contributed by atoms with Crippen LogP contribution in [0.2, 0.25) is 0 Å². The zero-order chi connectivity index (χ0) is 14.6. The Labute approximate surface area is 147 Å². The van der Waals surface area contributed by atoms with Crippen LogP contribution in [-0.4, -0.2) is 0 Å². The van der Waals surface area contributed by atoms with Crippen LogP contribution in [0.25, 0.3) is 6.08 Å². The average Bonchev–Trinajstić information content (AvgIpc) is 2.68. The van der Waals surface area contributed by atoms with Crippen molar-refractivity contribution in [2.75, 3.05) is 0 Å². The van der Waals surface area contributed by atoms with Crippen LogP contribution in [0.4, 0.5) is 0 Å². The predicted octanol–water partition coefficient (Wildman–Crippen LogP) is 6.66. The molecule has 104 valence electrons. The van der Waals surface area contributed by atoms with Crippen molar-refractivity contribution >= 4 is 44.5 Å². The summed E-state index contributed by atoms with van der Waals surface area (Å²) >= 11 is 5.24. The molecule has 0 atom stereocenters. The van der Waals surface area contributed by atoms with E-state index in [1.54, 1.807) is 0 Å². The standard InChI is InChI=1S/C16H22.2HI.Ti/c1-10(2)13-8-14-6-12(5)7-16(14)15(9-13)11(3)4;;;/h7-11H,6H2,1-5H3;2*1H;/q;;;+2/p-2. The Balaban J connectivity index is 0.000000550. The van der Waals surface area contributed by atoms with Crippen molar-refractivity contribution in [2.45, 2.75) is 52.9 Å². The van der Waals surface area contributed by atoms with E-state index < -0.39 is 0 Å². The molecule has 0 N–H and O–H groups in total. The molecule has 19 heavy (non-hydrogen) atoms. The van der Waals surface area contributed by atoms with Crippen LogP contribution in [0.3, 0.4) is 0 Å². The molecule has 1 aliphatic carbocycles. The molecule has 0 bridgehead atoms. The molecule has 0 saturated carbocycles. The number of hydrogen-bond acceptors (Lipinski definition) is 0. The third-order valence-electron chi connectivity index (χ3n) is 3.47. The van der Waals surface area contributed by atoms with E-state index >= 15 is 0 Å². The fourth-order valence-corrected chi connectivity index (χ4v) is 2.49. The van der Waals surface area contributed by atoms with Gasteiger partial charge in [-0.3, -0.25) is 0 Å². The second kappa shape index (κ2) is 8.55. The molecule has 0 spiro atoms. The molecule has 0 amide bonds. The molecule has 0 nitrogen and oxygen atoms in total. The fraction of sp³-hybridized carbons (Fsp3) is 0.500. The maximum atomic E-state index is 2.41. The number of hydrogen-bond donors (Lipinski definition) is 0. The molecule has 0 heterocycles. The van der Waals surface area contributed by atoms with Gasteiger partial charge < -0.3 is 0 Å². The SMILES string of the molecule is CC1=Cc2c(cc(C(C)C)cc2C(C)C)C1.[I][Ti][I]. The molecular formula is C16H22I2Ti. The second-order valence-corrected chi connectivity index (χ2v) is 18.9. The van der Waals surface area contributed by atoms with E-state index in [1.165, 1.54) is 27.8 Å². The molecule has 1 aromatic carbocycles. The third kappa shape index (κ3) is 5.12. The van der Waals surface area contributed by atoms with Crippen molar-refractivity contribution in [1.82, 2.24) is 0 Å². The summed E-state index contributed by atoms with van der Waals surface area (Å²) in [5.41, 5.74) is 7.55. The van der Waals surface area contributed by atoms with Crippen LogP contribution in [0, 0.1) is 0 Å². The van der Waals surface area contributed by atoms with Gasteiger partial charge in [-0.1, -0.05) is 51.5 Å². The number of benzene rings is 1. The normalized spacial score (nSPS) is 13.0. The summed E-state index contributed by atoms with van der Waals surface area (Å²) in [6.45, 7) is 11.4. The van der Waals surface area contributed by atoms with Gasteiger partial charge in [-0.2, -0.15) is 0 Å². The van der Waals surface area contributed by atoms with Crippen LogP contribution in [-0.2, 0) is 18.1 Å². The monoisotopic (exact) mass is 516 g/mol. The molecule has 0 aliphatic heterocycles. The zero-order valence-corrected chi connectivity index (χ0v) is 18.2. The van der Waals surface area contributed by atoms with Gasteiger partial charge in [0.05, 0.1) is 0 Å². The van der Waals surface area contributed by atoms with Crippen molar-refractivity contribution in [3.8, 4) is 0 Å². The van der Waals surface area contributed by atoms with Gasteiger partial charge in [0.15, 0.2) is 0 Å². The number of rotatable bonds is 2. The molecule has 0 aromatic heterocycles. The van der Waals surface area contributed by atoms with Crippen molar-refractivity contribution in [1.29, 1.82) is 0 Å². The molecule has 1 aromatic rings. The topological polar surface area (TPSA) is 0 Å². The van der Waals surface area contributed by atoms with E-state index in [0.29, 0.717) is 23.5 Å². The zero-order valence-electron chi connectivity index (χ0n) is 12.3. The quantitative estimate of drug-likeness (QED) is 0.305.